The smallest absolute Gasteiger partial charge is 0.362 e. The third-order valence-corrected chi connectivity index (χ3v) is 7.25. The first-order chi connectivity index (χ1) is 20.2. The fourth-order valence-electron chi connectivity index (χ4n) is 4.25. The molecule has 5 rings (SSSR count). The first-order valence-electron chi connectivity index (χ1n) is 12.9. The van der Waals surface area contributed by atoms with E-state index < -0.39 is 15.6 Å². The predicted molar refractivity (Wildman–Crippen MR) is 147 cm³/mol. The van der Waals surface area contributed by atoms with E-state index in [9.17, 15) is 13.2 Å². The normalized spacial score (nSPS) is 13.1. The van der Waals surface area contributed by atoms with Crippen molar-refractivity contribution < 1.29 is 33.3 Å². The van der Waals surface area contributed by atoms with E-state index in [0.717, 1.165) is 22.9 Å². The van der Waals surface area contributed by atoms with Gasteiger partial charge >= 0.3 is 5.71 Å². The molecule has 0 aliphatic heterocycles. The average Bonchev–Trinajstić information content (AvgIpc) is 3.02. The Morgan fingerprint density at radius 3 is 1.59 bits per heavy atom. The van der Waals surface area contributed by atoms with Gasteiger partial charge in [0.25, 0.3) is 10.1 Å². The number of nitrogens with zero attached hydrogens (tertiary/aromatic N) is 2. The number of ketones is 1. The van der Waals surface area contributed by atoms with Crippen LogP contribution in [0.3, 0.4) is 0 Å². The van der Waals surface area contributed by atoms with E-state index in [1.54, 1.807) is 36.4 Å². The van der Waals surface area contributed by atoms with Crippen molar-refractivity contribution in [2.24, 2.45) is 0 Å². The molecule has 1 aliphatic rings. The highest BCUT2D eigenvalue weighted by Crippen LogP contribution is 2.34. The molecule has 0 saturated carbocycles. The maximum atomic E-state index is 11.8. The molecule has 0 spiro atoms. The summed E-state index contributed by atoms with van der Waals surface area (Å²) in [5.41, 5.74) is 12.2. The minimum Gasteiger partial charge on any atom is -0.508 e. The van der Waals surface area contributed by atoms with Gasteiger partial charge in [-0.1, -0.05) is 48.5 Å². The first kappa shape index (κ1) is 23.2. The molecule has 0 bridgehead atoms. The van der Waals surface area contributed by atoms with Gasteiger partial charge in [-0.3, -0.25) is 4.79 Å². The van der Waals surface area contributed by atoms with E-state index in [0.29, 0.717) is 22.8 Å². The fourth-order valence-corrected chi connectivity index (χ4v) is 5.15. The molecule has 3 N–H and O–H groups in total. The second-order valence-electron chi connectivity index (χ2n) is 8.78. The number of benzene rings is 4. The Bertz CT molecular complexity index is 1660. The van der Waals surface area contributed by atoms with Gasteiger partial charge in [0.2, 0.25) is 0 Å². The summed E-state index contributed by atoms with van der Waals surface area (Å²) in [6, 6.07) is 26.4. The highest BCUT2D eigenvalue weighted by molar-refractivity contribution is 7.90. The standard InChI is InChI=1S/C19H16O3.C11H8N2O3S/c20-16-7-1-13(2-8-16)19(14-3-9-17(21)10-4-14)15-5-11-18(22)12-6-15;1-17(15,16)10-4-2-3-8-7(10)5-6-9(13-12)11(8)14/h1-12,19-22H;2-6H,1H3/i/hD3. The molecular weight excluding hydrogens is 516 g/mol. The third-order valence-electron chi connectivity index (χ3n) is 6.10. The Morgan fingerprint density at radius 2 is 1.21 bits per heavy atom. The number of phenolic OH excluding ortho intramolecular Hbond substituents is 3. The van der Waals surface area contributed by atoms with Gasteiger partial charge in [-0.2, -0.15) is 4.79 Å². The lowest BCUT2D eigenvalue weighted by atomic mass is 9.85. The maximum absolute atomic E-state index is 11.8. The fraction of sp³-hybridized carbons (Fsp3) is 0.0667. The second kappa shape index (κ2) is 11.2. The van der Waals surface area contributed by atoms with Crippen molar-refractivity contribution in [3.05, 3.63) is 130 Å². The Labute approximate surface area is 229 Å². The van der Waals surface area contributed by atoms with Crippen LogP contribution in [0.15, 0.2) is 102 Å². The van der Waals surface area contributed by atoms with Crippen LogP contribution in [-0.2, 0) is 9.84 Å². The van der Waals surface area contributed by atoms with Gasteiger partial charge in [0.15, 0.2) is 9.84 Å². The number of Topliss-reactive ketones (excluding diaryl/α,β-unsaturated/α-hetero) is 1. The van der Waals surface area contributed by atoms with Gasteiger partial charge in [0.05, 0.1) is 4.90 Å². The summed E-state index contributed by atoms with van der Waals surface area (Å²) in [4.78, 5) is 14.7. The first-order valence-corrected chi connectivity index (χ1v) is 13.6. The second-order valence-corrected chi connectivity index (χ2v) is 10.8. The van der Waals surface area contributed by atoms with Crippen LogP contribution in [0.5, 0.6) is 17.2 Å². The number of sulfone groups is 1. The van der Waals surface area contributed by atoms with Crippen molar-refractivity contribution in [2.75, 3.05) is 6.26 Å². The molecular formula is C30H24N2O6S. The van der Waals surface area contributed by atoms with E-state index in [1.807, 2.05) is 36.4 Å². The summed E-state index contributed by atoms with van der Waals surface area (Å²) in [5.74, 6) is 0.866. The van der Waals surface area contributed by atoms with E-state index in [-0.39, 0.29) is 22.1 Å². The minimum atomic E-state index is -3.40. The van der Waals surface area contributed by atoms with Gasteiger partial charge in [-0.25, -0.2) is 8.42 Å². The molecule has 9 heteroatoms. The van der Waals surface area contributed by atoms with Gasteiger partial charge in [0.1, 0.15) is 17.2 Å². The summed E-state index contributed by atoms with van der Waals surface area (Å²) >= 11 is 0. The number of allylic oxidation sites excluding steroid dienone is 1. The molecule has 1 aliphatic carbocycles. The van der Waals surface area contributed by atoms with Crippen LogP contribution >= 0.6 is 0 Å². The SMILES string of the molecule is CS(=O)(=O)c1cccc2c1C=CC(=[N+]=[N-])C2=O.[2H]Oc1ccc(C(c2ccc(O[2H])cc2)c2ccc(O[2H])cc2)cc1. The number of phenols is 3. The van der Waals surface area contributed by atoms with Crippen molar-refractivity contribution in [1.82, 2.24) is 0 Å². The average molecular weight is 544 g/mol. The molecule has 4 aromatic carbocycles. The van der Waals surface area contributed by atoms with Crippen molar-refractivity contribution in [1.29, 1.82) is 4.29 Å². The number of carbonyl (C=O) groups excluding carboxylic acids is 1. The van der Waals surface area contributed by atoms with Crippen molar-refractivity contribution in [3.63, 3.8) is 0 Å². The highest BCUT2D eigenvalue weighted by Gasteiger charge is 2.28. The van der Waals surface area contributed by atoms with Crippen LogP contribution in [0.4, 0.5) is 0 Å². The van der Waals surface area contributed by atoms with E-state index in [4.69, 9.17) is 9.82 Å². The van der Waals surface area contributed by atoms with Crippen molar-refractivity contribution in [3.8, 4) is 17.2 Å². The molecule has 8 nitrogen and oxygen atoms in total. The summed E-state index contributed by atoms with van der Waals surface area (Å²) in [6.45, 7) is 0. The quantitative estimate of drug-likeness (QED) is 0.171. The molecule has 0 fully saturated rings. The van der Waals surface area contributed by atoms with Crippen LogP contribution in [0.1, 0.15) is 38.5 Å². The zero-order chi connectivity index (χ0) is 30.3. The zero-order valence-electron chi connectivity index (χ0n) is 23.6. The molecule has 4 aromatic rings. The van der Waals surface area contributed by atoms with E-state index >= 15 is 0 Å². The largest absolute Gasteiger partial charge is 0.508 e. The van der Waals surface area contributed by atoms with Crippen LogP contribution in [0.25, 0.3) is 11.6 Å². The van der Waals surface area contributed by atoms with Gasteiger partial charge < -0.3 is 20.9 Å². The lowest BCUT2D eigenvalue weighted by Gasteiger charge is -2.19. The van der Waals surface area contributed by atoms with E-state index in [2.05, 4.69) is 20.1 Å². The molecule has 39 heavy (non-hydrogen) atoms. The highest BCUT2D eigenvalue weighted by atomic mass is 32.2. The minimum absolute atomic E-state index is 0.0562. The summed E-state index contributed by atoms with van der Waals surface area (Å²) < 4.78 is 44.0. The van der Waals surface area contributed by atoms with E-state index in [1.165, 1.54) is 30.4 Å². The van der Waals surface area contributed by atoms with Crippen LogP contribution in [-0.4, -0.2) is 50.6 Å². The topological polar surface area (TPSA) is 148 Å². The van der Waals surface area contributed by atoms with Gasteiger partial charge in [-0.15, -0.1) is 0 Å². The van der Waals surface area contributed by atoms with Gasteiger partial charge in [-0.05, 0) is 65.2 Å². The number of rotatable bonds is 7. The molecule has 0 aromatic heterocycles. The Morgan fingerprint density at radius 1 is 0.744 bits per heavy atom. The number of fused-ring (bicyclic) bond motifs is 1. The number of carbonyl (C=O) groups is 1. The van der Waals surface area contributed by atoms with Crippen LogP contribution in [0, 0.1) is 0 Å². The summed E-state index contributed by atoms with van der Waals surface area (Å²) in [5, 5.41) is 13.5. The predicted octanol–water partition coefficient (Wildman–Crippen LogP) is 4.95. The molecule has 196 valence electrons. The van der Waals surface area contributed by atoms with Crippen LogP contribution in [0.2, 0.25) is 0 Å². The summed E-state index contributed by atoms with van der Waals surface area (Å²) in [6.07, 6.45) is 3.83. The zero-order valence-corrected chi connectivity index (χ0v) is 21.5. The Kier molecular flexibility index (Phi) is 6.64. The molecule has 0 heterocycles. The molecule has 0 radical (unpaired) electrons. The molecule has 0 saturated heterocycles. The lowest BCUT2D eigenvalue weighted by molar-refractivity contribution is -0.00436. The molecule has 0 amide bonds. The van der Waals surface area contributed by atoms with Gasteiger partial charge in [0, 0.05) is 29.4 Å². The molecule has 0 atom stereocenters. The van der Waals surface area contributed by atoms with Crippen molar-refractivity contribution >= 4 is 27.4 Å². The maximum Gasteiger partial charge on any atom is 0.362 e. The summed E-state index contributed by atoms with van der Waals surface area (Å²) in [7, 11) is -3.40. The van der Waals surface area contributed by atoms with Crippen LogP contribution < -0.4 is 0 Å². The number of aromatic hydroxyl groups is 3. The Hall–Kier alpha value is -4.98. The molecule has 0 unspecified atom stereocenters. The Balaban J connectivity index is 0.000000208. The van der Waals surface area contributed by atoms with Crippen molar-refractivity contribution in [2.45, 2.75) is 10.8 Å². The monoisotopic (exact) mass is 543 g/mol. The number of hydrogen-bond donors (Lipinski definition) is 3. The lowest BCUT2D eigenvalue weighted by Crippen LogP contribution is -2.19. The number of hydrogen-bond acceptors (Lipinski definition) is 6. The third kappa shape index (κ3) is 6.13.